The number of hydrogen-bond acceptors (Lipinski definition) is 9. The van der Waals surface area contributed by atoms with Gasteiger partial charge in [-0.15, -0.1) is 0 Å². The van der Waals surface area contributed by atoms with Crippen molar-refractivity contribution in [2.24, 2.45) is 5.10 Å². The maximum atomic E-state index is 12.5. The zero-order valence-corrected chi connectivity index (χ0v) is 19.1. The minimum Gasteiger partial charge on any atom is -0.497 e. The number of nitrogens with one attached hydrogen (secondary N) is 2. The van der Waals surface area contributed by atoms with Crippen LogP contribution in [0.2, 0.25) is 0 Å². The molecule has 0 aliphatic carbocycles. The number of benzene rings is 3. The van der Waals surface area contributed by atoms with Gasteiger partial charge in [-0.2, -0.15) is 5.10 Å². The molecule has 3 aromatic carbocycles. The highest BCUT2D eigenvalue weighted by Gasteiger charge is 2.22. The summed E-state index contributed by atoms with van der Waals surface area (Å²) in [6.07, 6.45) is 1.15. The largest absolute Gasteiger partial charge is 0.497 e. The average Bonchev–Trinajstić information content (AvgIpc) is 2.89. The fourth-order valence-corrected chi connectivity index (χ4v) is 2.94. The standard InChI is InChI=1S/C24H20N4O8/c1-34-16-11-12-21(35-2)18(13-16)26-22(29)23(30)27-25-14-15-7-3-6-10-20(15)36-24(31)17-8-4-5-9-19(17)28(32)33/h3-14H,1-2H3,(H,26,29)(H,27,30)/b25-14+. The van der Waals surface area contributed by atoms with Crippen molar-refractivity contribution in [2.45, 2.75) is 0 Å². The Kier molecular flexibility index (Phi) is 8.27. The van der Waals surface area contributed by atoms with Gasteiger partial charge in [-0.05, 0) is 30.3 Å². The van der Waals surface area contributed by atoms with Gasteiger partial charge < -0.3 is 19.5 Å². The molecule has 2 N–H and O–H groups in total. The van der Waals surface area contributed by atoms with Gasteiger partial charge in [0.15, 0.2) is 0 Å². The zero-order chi connectivity index (χ0) is 26.1. The topological polar surface area (TPSA) is 158 Å². The maximum absolute atomic E-state index is 12.5. The number of para-hydroxylation sites is 2. The number of esters is 1. The van der Waals surface area contributed by atoms with E-state index in [1.165, 1.54) is 56.7 Å². The summed E-state index contributed by atoms with van der Waals surface area (Å²) in [7, 11) is 2.85. The van der Waals surface area contributed by atoms with E-state index < -0.39 is 28.4 Å². The molecule has 184 valence electrons. The molecule has 0 radical (unpaired) electrons. The smallest absolute Gasteiger partial charge is 0.350 e. The second-order valence-electron chi connectivity index (χ2n) is 6.92. The van der Waals surface area contributed by atoms with Crippen molar-refractivity contribution in [2.75, 3.05) is 19.5 Å². The summed E-state index contributed by atoms with van der Waals surface area (Å²) in [6.45, 7) is 0. The van der Waals surface area contributed by atoms with Gasteiger partial charge in [-0.3, -0.25) is 19.7 Å². The number of nitro benzene ring substituents is 1. The van der Waals surface area contributed by atoms with Crippen molar-refractivity contribution in [1.29, 1.82) is 0 Å². The molecule has 0 saturated heterocycles. The SMILES string of the molecule is COc1ccc(OC)c(NC(=O)C(=O)N/N=C/c2ccccc2OC(=O)c2ccccc2[N+](=O)[O-])c1. The number of hydrogen-bond donors (Lipinski definition) is 2. The number of nitro groups is 1. The highest BCUT2D eigenvalue weighted by Crippen LogP contribution is 2.28. The summed E-state index contributed by atoms with van der Waals surface area (Å²) in [4.78, 5) is 47.5. The lowest BCUT2D eigenvalue weighted by atomic mass is 10.2. The number of hydrazone groups is 1. The van der Waals surface area contributed by atoms with E-state index in [0.29, 0.717) is 11.5 Å². The Hall–Kier alpha value is -5.26. The van der Waals surface area contributed by atoms with Crippen LogP contribution in [-0.4, -0.2) is 43.1 Å². The monoisotopic (exact) mass is 492 g/mol. The van der Waals surface area contributed by atoms with E-state index in [-0.39, 0.29) is 22.6 Å². The number of amides is 2. The molecule has 0 bridgehead atoms. The van der Waals surface area contributed by atoms with Gasteiger partial charge in [-0.25, -0.2) is 10.2 Å². The molecule has 0 unspecified atom stereocenters. The predicted molar refractivity (Wildman–Crippen MR) is 128 cm³/mol. The normalized spacial score (nSPS) is 10.4. The Balaban J connectivity index is 1.68. The second kappa shape index (κ2) is 11.7. The number of carbonyl (C=O) groups excluding carboxylic acids is 3. The van der Waals surface area contributed by atoms with Crippen LogP contribution < -0.4 is 25.0 Å². The molecular formula is C24H20N4O8. The van der Waals surface area contributed by atoms with Crippen molar-refractivity contribution in [1.82, 2.24) is 5.43 Å². The van der Waals surface area contributed by atoms with E-state index >= 15 is 0 Å². The van der Waals surface area contributed by atoms with Gasteiger partial charge in [0.05, 0.1) is 31.0 Å². The molecule has 0 atom stereocenters. The molecule has 0 aliphatic heterocycles. The quantitative estimate of drug-likeness (QED) is 0.121. The molecule has 12 nitrogen and oxygen atoms in total. The van der Waals surface area contributed by atoms with Crippen LogP contribution in [0.3, 0.4) is 0 Å². The molecular weight excluding hydrogens is 472 g/mol. The van der Waals surface area contributed by atoms with E-state index in [4.69, 9.17) is 14.2 Å². The lowest BCUT2D eigenvalue weighted by Crippen LogP contribution is -2.32. The van der Waals surface area contributed by atoms with Gasteiger partial charge in [-0.1, -0.05) is 24.3 Å². The molecule has 3 aromatic rings. The third-order valence-electron chi connectivity index (χ3n) is 4.67. The van der Waals surface area contributed by atoms with Crippen molar-refractivity contribution in [3.8, 4) is 17.2 Å². The Labute approximate surface area is 204 Å². The first kappa shape index (κ1) is 25.4. The van der Waals surface area contributed by atoms with Crippen LogP contribution in [0, 0.1) is 10.1 Å². The zero-order valence-electron chi connectivity index (χ0n) is 19.1. The van der Waals surface area contributed by atoms with Crippen molar-refractivity contribution in [3.63, 3.8) is 0 Å². The first-order valence-corrected chi connectivity index (χ1v) is 10.2. The maximum Gasteiger partial charge on any atom is 0.350 e. The Bertz CT molecular complexity index is 1340. The minimum absolute atomic E-state index is 0.0317. The molecule has 0 saturated carbocycles. The lowest BCUT2D eigenvalue weighted by molar-refractivity contribution is -0.385. The van der Waals surface area contributed by atoms with Crippen LogP contribution in [0.25, 0.3) is 0 Å². The van der Waals surface area contributed by atoms with Crippen LogP contribution >= 0.6 is 0 Å². The van der Waals surface area contributed by atoms with Gasteiger partial charge in [0.2, 0.25) is 0 Å². The summed E-state index contributed by atoms with van der Waals surface area (Å²) in [5.41, 5.74) is 1.92. The van der Waals surface area contributed by atoms with Crippen molar-refractivity contribution in [3.05, 3.63) is 88.0 Å². The first-order chi connectivity index (χ1) is 17.3. The molecule has 12 heteroatoms. The van der Waals surface area contributed by atoms with Crippen LogP contribution in [0.15, 0.2) is 71.8 Å². The van der Waals surface area contributed by atoms with Gasteiger partial charge in [0.25, 0.3) is 5.69 Å². The summed E-state index contributed by atoms with van der Waals surface area (Å²) >= 11 is 0. The van der Waals surface area contributed by atoms with E-state index in [0.717, 1.165) is 6.21 Å². The van der Waals surface area contributed by atoms with Crippen molar-refractivity contribution >= 4 is 35.4 Å². The fraction of sp³-hybridized carbons (Fsp3) is 0.0833. The van der Waals surface area contributed by atoms with E-state index in [2.05, 4.69) is 15.8 Å². The van der Waals surface area contributed by atoms with E-state index in [1.807, 2.05) is 0 Å². The average molecular weight is 492 g/mol. The van der Waals surface area contributed by atoms with Gasteiger partial charge in [0.1, 0.15) is 22.8 Å². The molecule has 3 rings (SSSR count). The number of anilines is 1. The Morgan fingerprint density at radius 1 is 0.917 bits per heavy atom. The van der Waals surface area contributed by atoms with Crippen LogP contribution in [0.5, 0.6) is 17.2 Å². The highest BCUT2D eigenvalue weighted by molar-refractivity contribution is 6.39. The second-order valence-corrected chi connectivity index (χ2v) is 6.92. The summed E-state index contributed by atoms with van der Waals surface area (Å²) in [5.74, 6) is -2.25. The van der Waals surface area contributed by atoms with Crippen LogP contribution in [-0.2, 0) is 9.59 Å². The van der Waals surface area contributed by atoms with Crippen molar-refractivity contribution < 1.29 is 33.5 Å². The minimum atomic E-state index is -1.08. The van der Waals surface area contributed by atoms with Gasteiger partial charge >= 0.3 is 17.8 Å². The number of carbonyl (C=O) groups is 3. The number of nitrogens with zero attached hydrogens (tertiary/aromatic N) is 2. The van der Waals surface area contributed by atoms with E-state index in [1.54, 1.807) is 24.3 Å². The van der Waals surface area contributed by atoms with E-state index in [9.17, 15) is 24.5 Å². The van der Waals surface area contributed by atoms with Crippen LogP contribution in [0.4, 0.5) is 11.4 Å². The Morgan fingerprint density at radius 3 is 2.36 bits per heavy atom. The molecule has 36 heavy (non-hydrogen) atoms. The number of methoxy groups -OCH3 is 2. The summed E-state index contributed by atoms with van der Waals surface area (Å²) < 4.78 is 15.5. The van der Waals surface area contributed by atoms with Gasteiger partial charge in [0, 0.05) is 17.7 Å². The summed E-state index contributed by atoms with van der Waals surface area (Å²) in [5, 5.41) is 17.3. The molecule has 0 spiro atoms. The first-order valence-electron chi connectivity index (χ1n) is 10.2. The molecule has 0 aromatic heterocycles. The molecule has 0 fully saturated rings. The molecule has 2 amide bonds. The third kappa shape index (κ3) is 6.20. The molecule has 0 aliphatic rings. The Morgan fingerprint density at radius 2 is 1.64 bits per heavy atom. The molecule has 0 heterocycles. The van der Waals surface area contributed by atoms with Crippen LogP contribution in [0.1, 0.15) is 15.9 Å². The predicted octanol–water partition coefficient (Wildman–Crippen LogP) is 2.92. The third-order valence-corrected chi connectivity index (χ3v) is 4.67. The summed E-state index contributed by atoms with van der Waals surface area (Å²) in [6, 6.07) is 16.2. The highest BCUT2D eigenvalue weighted by atomic mass is 16.6. The number of ether oxygens (including phenoxy) is 3. The lowest BCUT2D eigenvalue weighted by Gasteiger charge is -2.11. The fourth-order valence-electron chi connectivity index (χ4n) is 2.94. The number of rotatable bonds is 8.